The van der Waals surface area contributed by atoms with Crippen LogP contribution in [0.4, 0.5) is 10.5 Å². The Hall–Kier alpha value is -3.51. The number of unbranched alkanes of at least 4 members (excludes halogenated alkanes) is 1. The number of rotatable bonds is 10. The molecule has 2 aliphatic heterocycles. The van der Waals surface area contributed by atoms with E-state index in [1.807, 2.05) is 25.7 Å². The third-order valence-corrected chi connectivity index (χ3v) is 7.84. The second kappa shape index (κ2) is 13.6. The van der Waals surface area contributed by atoms with Gasteiger partial charge in [0.05, 0.1) is 0 Å². The van der Waals surface area contributed by atoms with E-state index >= 15 is 0 Å². The Balaban J connectivity index is 1.23. The maximum Gasteiger partial charge on any atom is 0.410 e. The van der Waals surface area contributed by atoms with Crippen LogP contribution in [0.5, 0.6) is 0 Å². The molecule has 2 fully saturated rings. The fourth-order valence-corrected chi connectivity index (χ4v) is 5.70. The number of ether oxygens (including phenoxy) is 2. The van der Waals surface area contributed by atoms with Gasteiger partial charge in [0.25, 0.3) is 5.91 Å². The summed E-state index contributed by atoms with van der Waals surface area (Å²) in [6.07, 6.45) is 4.98. The normalized spacial score (nSPS) is 22.4. The number of carbonyl (C=O) groups is 5. The van der Waals surface area contributed by atoms with Crippen LogP contribution in [-0.2, 0) is 30.4 Å². The molecule has 0 aromatic heterocycles. The molecule has 1 aliphatic carbocycles. The average Bonchev–Trinajstić information content (AvgIpc) is 3.25. The standard InChI is InChI=1S/C30H43N5O7/c1-30(2,3)42-29(40)34(20-11-9-19(31)10-12-20)15-4-5-16-41-18-26(37)32-23-8-6-7-21-22(23)17-35(28(21)39)24-13-14-25(36)33-27(24)38/h6-8,19-20,24H,4-5,9-18,31H2,1-3H3,(H,32,37)(H,33,36,38). The minimum atomic E-state index is -0.726. The minimum Gasteiger partial charge on any atom is -0.444 e. The summed E-state index contributed by atoms with van der Waals surface area (Å²) in [6, 6.07) is 4.62. The molecule has 4 rings (SSSR count). The molecule has 1 aromatic rings. The van der Waals surface area contributed by atoms with Gasteiger partial charge in [-0.25, -0.2) is 4.79 Å². The molecule has 12 heteroatoms. The molecule has 230 valence electrons. The van der Waals surface area contributed by atoms with Gasteiger partial charge in [-0.1, -0.05) is 6.07 Å². The van der Waals surface area contributed by atoms with Crippen molar-refractivity contribution in [1.82, 2.24) is 15.1 Å². The molecule has 1 saturated heterocycles. The van der Waals surface area contributed by atoms with Crippen LogP contribution in [0, 0.1) is 0 Å². The van der Waals surface area contributed by atoms with E-state index in [0.29, 0.717) is 42.8 Å². The fourth-order valence-electron chi connectivity index (χ4n) is 5.70. The number of imide groups is 1. The van der Waals surface area contributed by atoms with E-state index in [2.05, 4.69) is 10.6 Å². The SMILES string of the molecule is CC(C)(C)OC(=O)N(CCCCOCC(=O)Nc1cccc2c1CN(C1CCC(=O)NC1=O)C2=O)C1CCC(N)CC1. The quantitative estimate of drug-likeness (QED) is 0.279. The van der Waals surface area contributed by atoms with Gasteiger partial charge < -0.3 is 30.3 Å². The molecule has 0 bridgehead atoms. The van der Waals surface area contributed by atoms with Crippen molar-refractivity contribution in [1.29, 1.82) is 0 Å². The maximum atomic E-state index is 13.0. The Morgan fingerprint density at radius 1 is 1.10 bits per heavy atom. The zero-order chi connectivity index (χ0) is 30.4. The lowest BCUT2D eigenvalue weighted by atomic mass is 9.91. The van der Waals surface area contributed by atoms with Crippen molar-refractivity contribution in [2.24, 2.45) is 5.73 Å². The topological polar surface area (TPSA) is 160 Å². The number of piperidine rings is 1. The van der Waals surface area contributed by atoms with E-state index in [-0.39, 0.29) is 61.9 Å². The first-order valence-electron chi connectivity index (χ1n) is 14.8. The molecule has 3 aliphatic rings. The zero-order valence-corrected chi connectivity index (χ0v) is 24.8. The number of benzene rings is 1. The lowest BCUT2D eigenvalue weighted by molar-refractivity contribution is -0.137. The number of hydrogen-bond donors (Lipinski definition) is 3. The highest BCUT2D eigenvalue weighted by molar-refractivity contribution is 6.06. The molecule has 1 aromatic carbocycles. The number of fused-ring (bicyclic) bond motifs is 1. The molecule has 1 saturated carbocycles. The zero-order valence-electron chi connectivity index (χ0n) is 24.8. The Morgan fingerprint density at radius 2 is 1.83 bits per heavy atom. The van der Waals surface area contributed by atoms with E-state index in [9.17, 15) is 24.0 Å². The van der Waals surface area contributed by atoms with Crippen molar-refractivity contribution in [2.75, 3.05) is 25.1 Å². The highest BCUT2D eigenvalue weighted by Gasteiger charge is 2.40. The lowest BCUT2D eigenvalue weighted by Gasteiger charge is -2.37. The summed E-state index contributed by atoms with van der Waals surface area (Å²) in [7, 11) is 0. The number of anilines is 1. The highest BCUT2D eigenvalue weighted by atomic mass is 16.6. The predicted molar refractivity (Wildman–Crippen MR) is 154 cm³/mol. The monoisotopic (exact) mass is 585 g/mol. The van der Waals surface area contributed by atoms with Crippen molar-refractivity contribution >= 4 is 35.4 Å². The van der Waals surface area contributed by atoms with Crippen molar-refractivity contribution in [2.45, 2.75) is 102 Å². The van der Waals surface area contributed by atoms with Crippen LogP contribution in [0.1, 0.15) is 88.1 Å². The predicted octanol–water partition coefficient (Wildman–Crippen LogP) is 2.69. The molecule has 0 radical (unpaired) electrons. The summed E-state index contributed by atoms with van der Waals surface area (Å²) in [5.74, 6) is -1.49. The molecule has 5 amide bonds. The highest BCUT2D eigenvalue weighted by Crippen LogP contribution is 2.32. The Morgan fingerprint density at radius 3 is 2.52 bits per heavy atom. The number of nitrogens with zero attached hydrogens (tertiary/aromatic N) is 2. The molecule has 42 heavy (non-hydrogen) atoms. The summed E-state index contributed by atoms with van der Waals surface area (Å²) in [5, 5.41) is 5.11. The van der Waals surface area contributed by atoms with Crippen LogP contribution in [-0.4, -0.2) is 83.0 Å². The maximum absolute atomic E-state index is 13.0. The fraction of sp³-hybridized carbons (Fsp3) is 0.633. The van der Waals surface area contributed by atoms with Crippen LogP contribution in [0.25, 0.3) is 0 Å². The van der Waals surface area contributed by atoms with Gasteiger partial charge in [0.15, 0.2) is 0 Å². The van der Waals surface area contributed by atoms with Crippen LogP contribution < -0.4 is 16.4 Å². The Bertz CT molecular complexity index is 1190. The number of nitrogens with two attached hydrogens (primary N) is 1. The van der Waals surface area contributed by atoms with Gasteiger partial charge in [-0.05, 0) is 77.8 Å². The summed E-state index contributed by atoms with van der Waals surface area (Å²) in [6.45, 7) is 6.46. The number of nitrogens with one attached hydrogen (secondary N) is 2. The van der Waals surface area contributed by atoms with Crippen molar-refractivity contribution in [3.63, 3.8) is 0 Å². The van der Waals surface area contributed by atoms with Gasteiger partial charge in [0.1, 0.15) is 18.2 Å². The molecular formula is C30H43N5O7. The van der Waals surface area contributed by atoms with Gasteiger partial charge in [-0.15, -0.1) is 0 Å². The van der Waals surface area contributed by atoms with E-state index in [0.717, 1.165) is 25.7 Å². The van der Waals surface area contributed by atoms with Crippen LogP contribution >= 0.6 is 0 Å². The number of amides is 5. The first-order valence-corrected chi connectivity index (χ1v) is 14.8. The molecule has 0 spiro atoms. The Kier molecular flexibility index (Phi) is 10.2. The summed E-state index contributed by atoms with van der Waals surface area (Å²) < 4.78 is 11.3. The second-order valence-electron chi connectivity index (χ2n) is 12.3. The molecule has 4 N–H and O–H groups in total. The van der Waals surface area contributed by atoms with Gasteiger partial charge in [0, 0.05) is 55.0 Å². The third kappa shape index (κ3) is 8.07. The van der Waals surface area contributed by atoms with Crippen LogP contribution in [0.3, 0.4) is 0 Å². The Labute approximate surface area is 246 Å². The summed E-state index contributed by atoms with van der Waals surface area (Å²) >= 11 is 0. The first kappa shape index (κ1) is 31.4. The van der Waals surface area contributed by atoms with Gasteiger partial charge in [-0.2, -0.15) is 0 Å². The van der Waals surface area contributed by atoms with Crippen molar-refractivity contribution in [3.05, 3.63) is 29.3 Å². The number of hydrogen-bond acceptors (Lipinski definition) is 8. The van der Waals surface area contributed by atoms with E-state index in [1.165, 1.54) is 4.90 Å². The lowest BCUT2D eigenvalue weighted by Crippen LogP contribution is -2.52. The van der Waals surface area contributed by atoms with Gasteiger partial charge in [0.2, 0.25) is 17.7 Å². The van der Waals surface area contributed by atoms with Crippen molar-refractivity contribution < 1.29 is 33.4 Å². The van der Waals surface area contributed by atoms with Gasteiger partial charge in [-0.3, -0.25) is 24.5 Å². The van der Waals surface area contributed by atoms with Crippen LogP contribution in [0.15, 0.2) is 18.2 Å². The largest absolute Gasteiger partial charge is 0.444 e. The van der Waals surface area contributed by atoms with Gasteiger partial charge >= 0.3 is 6.09 Å². The van der Waals surface area contributed by atoms with E-state index in [4.69, 9.17) is 15.2 Å². The van der Waals surface area contributed by atoms with Crippen LogP contribution in [0.2, 0.25) is 0 Å². The van der Waals surface area contributed by atoms with Crippen molar-refractivity contribution in [3.8, 4) is 0 Å². The smallest absolute Gasteiger partial charge is 0.410 e. The second-order valence-corrected chi connectivity index (χ2v) is 12.3. The molecule has 1 unspecified atom stereocenters. The van der Waals surface area contributed by atoms with E-state index < -0.39 is 17.6 Å². The minimum absolute atomic E-state index is 0.108. The molecule has 1 atom stereocenters. The molecule has 12 nitrogen and oxygen atoms in total. The first-order chi connectivity index (χ1) is 19.9. The average molecular weight is 586 g/mol. The molecular weight excluding hydrogens is 542 g/mol. The number of carbonyl (C=O) groups excluding carboxylic acids is 5. The van der Waals surface area contributed by atoms with E-state index in [1.54, 1.807) is 18.2 Å². The summed E-state index contributed by atoms with van der Waals surface area (Å²) in [5.41, 5.74) is 7.02. The third-order valence-electron chi connectivity index (χ3n) is 7.84. The molecule has 2 heterocycles. The summed E-state index contributed by atoms with van der Waals surface area (Å²) in [4.78, 5) is 65.6.